The van der Waals surface area contributed by atoms with E-state index >= 15 is 0 Å². The van der Waals surface area contributed by atoms with Gasteiger partial charge in [0.25, 0.3) is 0 Å². The highest BCUT2D eigenvalue weighted by atomic mass is 16.1. The molecule has 0 spiro atoms. The number of pyridine rings is 1. The van der Waals surface area contributed by atoms with Gasteiger partial charge in [-0.25, -0.2) is 0 Å². The first-order chi connectivity index (χ1) is 8.25. The van der Waals surface area contributed by atoms with Crippen LogP contribution in [0.5, 0.6) is 0 Å². The number of nitrogens with zero attached hydrogens (tertiary/aromatic N) is 1. The fourth-order valence-electron chi connectivity index (χ4n) is 2.43. The molecule has 3 heteroatoms. The Labute approximate surface area is 99.9 Å². The summed E-state index contributed by atoms with van der Waals surface area (Å²) in [4.78, 5) is 16.1. The zero-order chi connectivity index (χ0) is 11.8. The molecule has 1 aromatic carbocycles. The van der Waals surface area contributed by atoms with E-state index in [-0.39, 0.29) is 5.91 Å². The Morgan fingerprint density at radius 3 is 2.94 bits per heavy atom. The zero-order valence-corrected chi connectivity index (χ0v) is 9.79. The summed E-state index contributed by atoms with van der Waals surface area (Å²) in [6.45, 7) is 2.72. The number of benzene rings is 1. The molecule has 3 rings (SSSR count). The number of nitrogens with one attached hydrogen (secondary N) is 1. The minimum atomic E-state index is 0.117. The Bertz CT molecular complexity index is 604. The SMILES string of the molecule is Cc1c2c(nc3ccccc13)CCC(=O)NC2. The van der Waals surface area contributed by atoms with Gasteiger partial charge in [-0.15, -0.1) is 0 Å². The summed E-state index contributed by atoms with van der Waals surface area (Å²) >= 11 is 0. The number of aromatic nitrogens is 1. The lowest BCUT2D eigenvalue weighted by Gasteiger charge is -2.11. The quantitative estimate of drug-likeness (QED) is 0.747. The highest BCUT2D eigenvalue weighted by Crippen LogP contribution is 2.24. The largest absolute Gasteiger partial charge is 0.352 e. The number of rotatable bonds is 0. The Morgan fingerprint density at radius 2 is 2.06 bits per heavy atom. The van der Waals surface area contributed by atoms with Gasteiger partial charge in [-0.1, -0.05) is 18.2 Å². The third-order valence-electron chi connectivity index (χ3n) is 3.42. The van der Waals surface area contributed by atoms with Gasteiger partial charge in [-0.2, -0.15) is 0 Å². The van der Waals surface area contributed by atoms with Crippen LogP contribution in [0.25, 0.3) is 10.9 Å². The van der Waals surface area contributed by atoms with Gasteiger partial charge < -0.3 is 5.32 Å². The van der Waals surface area contributed by atoms with Crippen LogP contribution in [0.2, 0.25) is 0 Å². The Kier molecular flexibility index (Phi) is 2.32. The number of hydrogen-bond acceptors (Lipinski definition) is 2. The lowest BCUT2D eigenvalue weighted by atomic mass is 10.0. The second-order valence-corrected chi connectivity index (χ2v) is 4.46. The predicted molar refractivity (Wildman–Crippen MR) is 66.6 cm³/mol. The van der Waals surface area contributed by atoms with Crippen LogP contribution in [0, 0.1) is 6.92 Å². The minimum Gasteiger partial charge on any atom is -0.352 e. The van der Waals surface area contributed by atoms with Crippen molar-refractivity contribution in [2.24, 2.45) is 0 Å². The van der Waals surface area contributed by atoms with Crippen LogP contribution in [0.4, 0.5) is 0 Å². The first-order valence-electron chi connectivity index (χ1n) is 5.89. The summed E-state index contributed by atoms with van der Waals surface area (Å²) in [5, 5.41) is 4.11. The molecule has 1 aliphatic rings. The van der Waals surface area contributed by atoms with Crippen LogP contribution >= 0.6 is 0 Å². The van der Waals surface area contributed by atoms with E-state index in [4.69, 9.17) is 0 Å². The molecule has 2 heterocycles. The number of para-hydroxylation sites is 1. The van der Waals surface area contributed by atoms with Gasteiger partial charge >= 0.3 is 0 Å². The molecule has 0 fully saturated rings. The van der Waals surface area contributed by atoms with E-state index < -0.39 is 0 Å². The zero-order valence-electron chi connectivity index (χ0n) is 9.79. The fraction of sp³-hybridized carbons (Fsp3) is 0.286. The number of carbonyl (C=O) groups excluding carboxylic acids is 1. The molecule has 1 aromatic heterocycles. The van der Waals surface area contributed by atoms with E-state index in [1.165, 1.54) is 16.5 Å². The van der Waals surface area contributed by atoms with Crippen molar-refractivity contribution in [3.8, 4) is 0 Å². The highest BCUT2D eigenvalue weighted by Gasteiger charge is 2.17. The van der Waals surface area contributed by atoms with Crippen LogP contribution in [0.3, 0.4) is 0 Å². The number of hydrogen-bond donors (Lipinski definition) is 1. The fourth-order valence-corrected chi connectivity index (χ4v) is 2.43. The molecule has 0 aliphatic carbocycles. The minimum absolute atomic E-state index is 0.117. The number of aryl methyl sites for hydroxylation is 2. The molecular weight excluding hydrogens is 212 g/mol. The monoisotopic (exact) mass is 226 g/mol. The normalized spacial score (nSPS) is 15.2. The molecule has 3 nitrogen and oxygen atoms in total. The van der Waals surface area contributed by atoms with Crippen molar-refractivity contribution in [3.05, 3.63) is 41.1 Å². The van der Waals surface area contributed by atoms with Crippen molar-refractivity contribution < 1.29 is 4.79 Å². The van der Waals surface area contributed by atoms with E-state index in [2.05, 4.69) is 23.3 Å². The molecular formula is C14H14N2O. The van der Waals surface area contributed by atoms with Gasteiger partial charge in [-0.05, 0) is 30.5 Å². The second kappa shape index (κ2) is 3.84. The van der Waals surface area contributed by atoms with Gasteiger partial charge in [0.05, 0.1) is 5.52 Å². The summed E-state index contributed by atoms with van der Waals surface area (Å²) < 4.78 is 0. The van der Waals surface area contributed by atoms with Crippen molar-refractivity contribution in [1.82, 2.24) is 10.3 Å². The lowest BCUT2D eigenvalue weighted by molar-refractivity contribution is -0.121. The molecule has 2 aromatic rings. The van der Waals surface area contributed by atoms with Gasteiger partial charge in [0, 0.05) is 24.0 Å². The standard InChI is InChI=1S/C14H14N2O/c1-9-10-4-2-3-5-12(10)16-13-6-7-14(17)15-8-11(9)13/h2-5H,6-8H2,1H3,(H,15,17). The summed E-state index contributed by atoms with van der Waals surface area (Å²) in [6.07, 6.45) is 1.28. The van der Waals surface area contributed by atoms with Crippen molar-refractivity contribution in [2.45, 2.75) is 26.3 Å². The van der Waals surface area contributed by atoms with Crippen LogP contribution in [0.1, 0.15) is 23.2 Å². The number of fused-ring (bicyclic) bond motifs is 2. The maximum absolute atomic E-state index is 11.4. The van der Waals surface area contributed by atoms with Gasteiger partial charge in [0.2, 0.25) is 5.91 Å². The maximum atomic E-state index is 11.4. The molecule has 0 unspecified atom stereocenters. The first-order valence-corrected chi connectivity index (χ1v) is 5.89. The summed E-state index contributed by atoms with van der Waals surface area (Å²) in [6, 6.07) is 8.15. The van der Waals surface area contributed by atoms with Crippen LogP contribution in [-0.2, 0) is 17.8 Å². The lowest BCUT2D eigenvalue weighted by Crippen LogP contribution is -2.20. The molecule has 1 aliphatic heterocycles. The van der Waals surface area contributed by atoms with E-state index in [1.54, 1.807) is 0 Å². The van der Waals surface area contributed by atoms with Crippen molar-refractivity contribution in [1.29, 1.82) is 0 Å². The third-order valence-corrected chi connectivity index (χ3v) is 3.42. The van der Waals surface area contributed by atoms with Crippen LogP contribution < -0.4 is 5.32 Å². The molecule has 0 bridgehead atoms. The molecule has 1 amide bonds. The van der Waals surface area contributed by atoms with Crippen molar-refractivity contribution in [3.63, 3.8) is 0 Å². The van der Waals surface area contributed by atoms with Crippen molar-refractivity contribution in [2.75, 3.05) is 0 Å². The van der Waals surface area contributed by atoms with E-state index in [9.17, 15) is 4.79 Å². The average Bonchev–Trinajstić information content (AvgIpc) is 2.53. The smallest absolute Gasteiger partial charge is 0.220 e. The maximum Gasteiger partial charge on any atom is 0.220 e. The number of carbonyl (C=O) groups is 1. The molecule has 17 heavy (non-hydrogen) atoms. The molecule has 1 N–H and O–H groups in total. The summed E-state index contributed by atoms with van der Waals surface area (Å²) in [5.41, 5.74) is 4.53. The molecule has 0 saturated heterocycles. The molecule has 0 radical (unpaired) electrons. The van der Waals surface area contributed by atoms with Gasteiger partial charge in [0.1, 0.15) is 0 Å². The van der Waals surface area contributed by atoms with E-state index in [0.29, 0.717) is 13.0 Å². The van der Waals surface area contributed by atoms with Crippen molar-refractivity contribution >= 4 is 16.8 Å². The Morgan fingerprint density at radius 1 is 1.24 bits per heavy atom. The van der Waals surface area contributed by atoms with Gasteiger partial charge in [-0.3, -0.25) is 9.78 Å². The summed E-state index contributed by atoms with van der Waals surface area (Å²) in [5.74, 6) is 0.117. The third kappa shape index (κ3) is 1.68. The first kappa shape index (κ1) is 10.3. The summed E-state index contributed by atoms with van der Waals surface area (Å²) in [7, 11) is 0. The van der Waals surface area contributed by atoms with E-state index in [0.717, 1.165) is 17.6 Å². The van der Waals surface area contributed by atoms with Crippen LogP contribution in [-0.4, -0.2) is 10.9 Å². The topological polar surface area (TPSA) is 42.0 Å². The van der Waals surface area contributed by atoms with Crippen LogP contribution in [0.15, 0.2) is 24.3 Å². The van der Waals surface area contributed by atoms with E-state index in [1.807, 2.05) is 18.2 Å². The Hall–Kier alpha value is -1.90. The predicted octanol–water partition coefficient (Wildman–Crippen LogP) is 2.11. The second-order valence-electron chi connectivity index (χ2n) is 4.46. The molecule has 0 saturated carbocycles. The van der Waals surface area contributed by atoms with Gasteiger partial charge in [0.15, 0.2) is 0 Å². The average molecular weight is 226 g/mol. The Balaban J connectivity index is 2.25. The highest BCUT2D eigenvalue weighted by molar-refractivity contribution is 5.84. The molecule has 86 valence electrons. The number of amides is 1. The molecule has 0 atom stereocenters.